The maximum absolute atomic E-state index is 13.0. The molecule has 0 saturated heterocycles. The molecule has 2 aromatic carbocycles. The van der Waals surface area contributed by atoms with Gasteiger partial charge in [-0.15, -0.1) is 0 Å². The Morgan fingerprint density at radius 3 is 2.64 bits per heavy atom. The molecule has 0 amide bonds. The van der Waals surface area contributed by atoms with Gasteiger partial charge in [0.2, 0.25) is 0 Å². The van der Waals surface area contributed by atoms with Gasteiger partial charge in [0.05, 0.1) is 19.1 Å². The number of hydrogen-bond acceptors (Lipinski definition) is 7. The molecular formula is C26H30O7. The largest absolute Gasteiger partial charge is 0.507 e. The van der Waals surface area contributed by atoms with E-state index in [9.17, 15) is 20.1 Å². The molecule has 4 rings (SSSR count). The Labute approximate surface area is 193 Å². The van der Waals surface area contributed by atoms with Gasteiger partial charge in [-0.25, -0.2) is 0 Å². The van der Waals surface area contributed by atoms with Crippen LogP contribution in [0.5, 0.6) is 28.7 Å². The van der Waals surface area contributed by atoms with Crippen LogP contribution in [0, 0.1) is 0 Å². The van der Waals surface area contributed by atoms with E-state index in [1.54, 1.807) is 25.1 Å². The first kappa shape index (κ1) is 23.0. The predicted molar refractivity (Wildman–Crippen MR) is 122 cm³/mol. The van der Waals surface area contributed by atoms with Crippen LogP contribution in [0.15, 0.2) is 35.9 Å². The topological polar surface area (TPSA) is 105 Å². The monoisotopic (exact) mass is 454 g/mol. The van der Waals surface area contributed by atoms with E-state index in [4.69, 9.17) is 14.2 Å². The van der Waals surface area contributed by atoms with Gasteiger partial charge in [0, 0.05) is 18.1 Å². The quantitative estimate of drug-likeness (QED) is 0.547. The molecule has 0 fully saturated rings. The molecule has 2 heterocycles. The van der Waals surface area contributed by atoms with Crippen LogP contribution in [0.1, 0.15) is 67.6 Å². The summed E-state index contributed by atoms with van der Waals surface area (Å²) in [6.07, 6.45) is 2.50. The third-order valence-electron chi connectivity index (χ3n) is 6.38. The molecule has 2 aromatic rings. The molecule has 2 unspecified atom stereocenters. The van der Waals surface area contributed by atoms with Crippen molar-refractivity contribution in [1.29, 1.82) is 0 Å². The van der Waals surface area contributed by atoms with Crippen molar-refractivity contribution in [3.63, 3.8) is 0 Å². The van der Waals surface area contributed by atoms with Crippen LogP contribution in [-0.2, 0) is 6.42 Å². The van der Waals surface area contributed by atoms with Crippen LogP contribution < -0.4 is 14.2 Å². The fourth-order valence-electron chi connectivity index (χ4n) is 4.41. The highest BCUT2D eigenvalue weighted by atomic mass is 16.5. The molecule has 0 aliphatic carbocycles. The minimum atomic E-state index is -1.10. The van der Waals surface area contributed by atoms with Gasteiger partial charge < -0.3 is 29.5 Å². The van der Waals surface area contributed by atoms with Gasteiger partial charge in [0.25, 0.3) is 0 Å². The standard InChI is InChI=1S/C26H30O7/c1-14(2)6-5-9-26(3,30)23-11-16-20(33-23)13-22-24(25(16)29)18(28)12-19(32-22)15-7-8-17(27)21(10-15)31-4/h6-8,10,13,19,23,27,29-30H,5,9,11-12H2,1-4H3/t19-,23?,26?/m0/s1. The number of allylic oxidation sites excluding steroid dienone is 2. The lowest BCUT2D eigenvalue weighted by molar-refractivity contribution is -0.0434. The summed E-state index contributed by atoms with van der Waals surface area (Å²) in [7, 11) is 1.45. The first-order valence-corrected chi connectivity index (χ1v) is 11.1. The second kappa shape index (κ2) is 8.63. The van der Waals surface area contributed by atoms with E-state index in [1.807, 2.05) is 13.8 Å². The minimum Gasteiger partial charge on any atom is -0.507 e. The average molecular weight is 455 g/mol. The minimum absolute atomic E-state index is 0.00432. The van der Waals surface area contributed by atoms with Crippen molar-refractivity contribution in [1.82, 2.24) is 0 Å². The number of aliphatic hydroxyl groups is 1. The van der Waals surface area contributed by atoms with E-state index < -0.39 is 17.8 Å². The SMILES string of the molecule is COc1cc([C@@H]2CC(=O)c3c(cc4c(c3O)CC(C(C)(O)CCC=C(C)C)O4)O2)ccc1O. The Balaban J connectivity index is 1.60. The molecule has 7 heteroatoms. The van der Waals surface area contributed by atoms with Crippen LogP contribution >= 0.6 is 0 Å². The number of hydrogen-bond donors (Lipinski definition) is 3. The molecule has 0 aromatic heterocycles. The first-order chi connectivity index (χ1) is 15.6. The van der Waals surface area contributed by atoms with Crippen LogP contribution in [0.4, 0.5) is 0 Å². The van der Waals surface area contributed by atoms with E-state index in [0.717, 1.165) is 0 Å². The third kappa shape index (κ3) is 4.37. The molecule has 2 aliphatic rings. The van der Waals surface area contributed by atoms with Gasteiger partial charge in [-0.1, -0.05) is 17.7 Å². The lowest BCUT2D eigenvalue weighted by atomic mass is 9.88. The van der Waals surface area contributed by atoms with Crippen molar-refractivity contribution < 1.29 is 34.3 Å². The van der Waals surface area contributed by atoms with Gasteiger partial charge in [-0.05, 0) is 51.3 Å². The Morgan fingerprint density at radius 2 is 1.94 bits per heavy atom. The van der Waals surface area contributed by atoms with E-state index in [1.165, 1.54) is 18.7 Å². The molecular weight excluding hydrogens is 424 g/mol. The number of carbonyl (C=O) groups is 1. The zero-order valence-electron chi connectivity index (χ0n) is 19.3. The number of phenolic OH excluding ortho intramolecular Hbond substituents is 2. The predicted octanol–water partition coefficient (Wildman–Crippen LogP) is 4.61. The Hall–Kier alpha value is -3.19. The number of Topliss-reactive ketones (excluding diaryl/α,β-unsaturated/α-hetero) is 1. The summed E-state index contributed by atoms with van der Waals surface area (Å²) >= 11 is 0. The molecule has 3 atom stereocenters. The summed E-state index contributed by atoms with van der Waals surface area (Å²) in [5.41, 5.74) is 1.41. The fraction of sp³-hybridized carbons (Fsp3) is 0.423. The molecule has 7 nitrogen and oxygen atoms in total. The molecule has 0 spiro atoms. The van der Waals surface area contributed by atoms with Crippen molar-refractivity contribution in [2.45, 2.75) is 64.3 Å². The summed E-state index contributed by atoms with van der Waals surface area (Å²) in [4.78, 5) is 13.0. The number of ketones is 1. The molecule has 3 N–H and O–H groups in total. The highest BCUT2D eigenvalue weighted by Gasteiger charge is 2.42. The number of methoxy groups -OCH3 is 1. The van der Waals surface area contributed by atoms with Crippen LogP contribution in [0.2, 0.25) is 0 Å². The highest BCUT2D eigenvalue weighted by Crippen LogP contribution is 2.49. The Morgan fingerprint density at radius 1 is 1.18 bits per heavy atom. The van der Waals surface area contributed by atoms with Gasteiger partial charge >= 0.3 is 0 Å². The average Bonchev–Trinajstić information content (AvgIpc) is 3.19. The van der Waals surface area contributed by atoms with E-state index in [-0.39, 0.29) is 40.8 Å². The van der Waals surface area contributed by atoms with Gasteiger partial charge in [-0.3, -0.25) is 4.79 Å². The number of fused-ring (bicyclic) bond motifs is 2. The van der Waals surface area contributed by atoms with E-state index in [2.05, 4.69) is 6.08 Å². The number of benzene rings is 2. The first-order valence-electron chi connectivity index (χ1n) is 11.1. The molecule has 0 bridgehead atoms. The summed E-state index contributed by atoms with van der Waals surface area (Å²) < 4.78 is 17.3. The number of rotatable bonds is 6. The Bertz CT molecular complexity index is 1110. The smallest absolute Gasteiger partial charge is 0.174 e. The summed E-state index contributed by atoms with van der Waals surface area (Å²) in [6.45, 7) is 5.75. The summed E-state index contributed by atoms with van der Waals surface area (Å²) in [6, 6.07) is 6.41. The van der Waals surface area contributed by atoms with Gasteiger partial charge in [0.1, 0.15) is 35.0 Å². The van der Waals surface area contributed by atoms with Crippen LogP contribution in [-0.4, -0.2) is 39.9 Å². The third-order valence-corrected chi connectivity index (χ3v) is 6.38. The molecule has 0 saturated carbocycles. The van der Waals surface area contributed by atoms with Crippen LogP contribution in [0.25, 0.3) is 0 Å². The molecule has 33 heavy (non-hydrogen) atoms. The second-order valence-corrected chi connectivity index (χ2v) is 9.23. The number of phenols is 2. The van der Waals surface area contributed by atoms with Crippen molar-refractivity contribution in [2.75, 3.05) is 7.11 Å². The van der Waals surface area contributed by atoms with Gasteiger partial charge in [-0.2, -0.15) is 0 Å². The van der Waals surface area contributed by atoms with E-state index >= 15 is 0 Å². The molecule has 176 valence electrons. The number of carbonyl (C=O) groups excluding carboxylic acids is 1. The van der Waals surface area contributed by atoms with Gasteiger partial charge in [0.15, 0.2) is 17.3 Å². The fourth-order valence-corrected chi connectivity index (χ4v) is 4.41. The zero-order valence-corrected chi connectivity index (χ0v) is 19.3. The highest BCUT2D eigenvalue weighted by molar-refractivity contribution is 6.03. The van der Waals surface area contributed by atoms with Crippen molar-refractivity contribution in [2.24, 2.45) is 0 Å². The number of ether oxygens (including phenoxy) is 3. The normalized spacial score (nSPS) is 20.7. The van der Waals surface area contributed by atoms with Crippen molar-refractivity contribution in [3.8, 4) is 28.7 Å². The summed E-state index contributed by atoms with van der Waals surface area (Å²) in [5.74, 6) is 0.548. The maximum Gasteiger partial charge on any atom is 0.174 e. The molecule has 0 radical (unpaired) electrons. The maximum atomic E-state index is 13.0. The zero-order chi connectivity index (χ0) is 23.9. The lowest BCUT2D eigenvalue weighted by Gasteiger charge is -2.29. The van der Waals surface area contributed by atoms with E-state index in [0.29, 0.717) is 36.1 Å². The summed E-state index contributed by atoms with van der Waals surface area (Å²) in [5, 5.41) is 31.8. The lowest BCUT2D eigenvalue weighted by Crippen LogP contribution is -2.42. The molecule has 2 aliphatic heterocycles. The number of aromatic hydroxyl groups is 2. The van der Waals surface area contributed by atoms with Crippen LogP contribution in [0.3, 0.4) is 0 Å². The Kier molecular flexibility index (Phi) is 6.01. The second-order valence-electron chi connectivity index (χ2n) is 9.23. The van der Waals surface area contributed by atoms with Crippen molar-refractivity contribution >= 4 is 5.78 Å². The van der Waals surface area contributed by atoms with Crippen molar-refractivity contribution in [3.05, 3.63) is 52.6 Å².